The van der Waals surface area contributed by atoms with Crippen molar-refractivity contribution in [1.29, 1.82) is 0 Å². The first-order valence-electron chi connectivity index (χ1n) is 6.08. The molecule has 0 saturated carbocycles. The third-order valence-corrected chi connectivity index (χ3v) is 4.79. The van der Waals surface area contributed by atoms with Crippen molar-refractivity contribution in [2.24, 2.45) is 0 Å². The Balaban J connectivity index is 1.77. The number of benzene rings is 2. The molecule has 0 aliphatic carbocycles. The van der Waals surface area contributed by atoms with E-state index in [4.69, 9.17) is 11.6 Å². The second kappa shape index (κ2) is 7.90. The highest BCUT2D eigenvalue weighted by atomic mass is 127. The molecular weight excluding hydrogens is 405 g/mol. The quantitative estimate of drug-likeness (QED) is 0.442. The summed E-state index contributed by atoms with van der Waals surface area (Å²) in [5.41, 5.74) is 0.726. The van der Waals surface area contributed by atoms with Crippen LogP contribution >= 0.6 is 46.0 Å². The molecule has 0 fully saturated rings. The molecule has 0 unspecified atom stereocenters. The smallest absolute Gasteiger partial charge is 0.252 e. The number of halogens is 2. The Labute approximate surface area is 141 Å². The van der Waals surface area contributed by atoms with Crippen molar-refractivity contribution in [3.05, 3.63) is 62.7 Å². The normalized spacial score (nSPS) is 10.3. The van der Waals surface area contributed by atoms with Gasteiger partial charge < -0.3 is 5.32 Å². The predicted octanol–water partition coefficient (Wildman–Crippen LogP) is 4.47. The van der Waals surface area contributed by atoms with Gasteiger partial charge in [0.05, 0.1) is 5.56 Å². The summed E-state index contributed by atoms with van der Waals surface area (Å²) < 4.78 is 0.966. The zero-order chi connectivity index (χ0) is 14.4. The number of thioether (sulfide) groups is 1. The molecule has 0 spiro atoms. The summed E-state index contributed by atoms with van der Waals surface area (Å²) in [6.07, 6.45) is 0. The summed E-state index contributed by atoms with van der Waals surface area (Å²) in [5, 5.41) is 3.67. The largest absolute Gasteiger partial charge is 0.351 e. The Hall–Kier alpha value is -0.720. The van der Waals surface area contributed by atoms with Crippen LogP contribution in [0.1, 0.15) is 10.4 Å². The average molecular weight is 418 g/mol. The Morgan fingerprint density at radius 1 is 1.15 bits per heavy atom. The lowest BCUT2D eigenvalue weighted by Gasteiger charge is -2.06. The Morgan fingerprint density at radius 3 is 2.55 bits per heavy atom. The van der Waals surface area contributed by atoms with Crippen LogP contribution in [0.15, 0.2) is 53.4 Å². The molecule has 2 aromatic rings. The Bertz CT molecular complexity index is 589. The summed E-state index contributed by atoms with van der Waals surface area (Å²) in [7, 11) is 0. The molecule has 0 aliphatic heterocycles. The van der Waals surface area contributed by atoms with E-state index in [9.17, 15) is 4.79 Å². The first-order valence-corrected chi connectivity index (χ1v) is 8.52. The van der Waals surface area contributed by atoms with Crippen LogP contribution in [0.25, 0.3) is 0 Å². The molecule has 0 heterocycles. The molecule has 0 radical (unpaired) electrons. The van der Waals surface area contributed by atoms with Crippen molar-refractivity contribution in [2.75, 3.05) is 12.3 Å². The zero-order valence-electron chi connectivity index (χ0n) is 10.6. The third-order valence-electron chi connectivity index (χ3n) is 2.59. The molecular formula is C15H13ClINOS. The van der Waals surface area contributed by atoms with Gasteiger partial charge in [-0.15, -0.1) is 11.8 Å². The maximum absolute atomic E-state index is 12.0. The fourth-order valence-corrected chi connectivity index (χ4v) is 3.13. The van der Waals surface area contributed by atoms with Crippen LogP contribution in [0.4, 0.5) is 0 Å². The van der Waals surface area contributed by atoms with Gasteiger partial charge in [-0.2, -0.15) is 0 Å². The van der Waals surface area contributed by atoms with Gasteiger partial charge in [0.1, 0.15) is 0 Å². The molecule has 104 valence electrons. The van der Waals surface area contributed by atoms with Crippen LogP contribution in [0.3, 0.4) is 0 Å². The van der Waals surface area contributed by atoms with Gasteiger partial charge in [-0.05, 0) is 59.0 Å². The molecule has 20 heavy (non-hydrogen) atoms. The number of carbonyl (C=O) groups is 1. The van der Waals surface area contributed by atoms with Gasteiger partial charge in [-0.25, -0.2) is 0 Å². The Kier molecular flexibility index (Phi) is 6.19. The first kappa shape index (κ1) is 15.7. The summed E-state index contributed by atoms with van der Waals surface area (Å²) in [6, 6.07) is 15.3. The van der Waals surface area contributed by atoms with Gasteiger partial charge in [-0.3, -0.25) is 4.79 Å². The lowest BCUT2D eigenvalue weighted by Crippen LogP contribution is -2.26. The molecule has 0 aromatic heterocycles. The zero-order valence-corrected chi connectivity index (χ0v) is 14.3. The van der Waals surface area contributed by atoms with E-state index < -0.39 is 0 Å². The van der Waals surface area contributed by atoms with E-state index in [0.717, 1.165) is 24.8 Å². The maximum Gasteiger partial charge on any atom is 0.252 e. The molecule has 0 atom stereocenters. The molecule has 0 bridgehead atoms. The number of hydrogen-bond acceptors (Lipinski definition) is 2. The summed E-state index contributed by atoms with van der Waals surface area (Å²) in [6.45, 7) is 0.636. The van der Waals surface area contributed by atoms with Crippen molar-refractivity contribution >= 4 is 51.9 Å². The highest BCUT2D eigenvalue weighted by molar-refractivity contribution is 14.1. The van der Waals surface area contributed by atoms with Crippen molar-refractivity contribution in [1.82, 2.24) is 5.32 Å². The number of hydrogen-bond donors (Lipinski definition) is 1. The second-order valence-electron chi connectivity index (χ2n) is 4.04. The van der Waals surface area contributed by atoms with Gasteiger partial charge in [0.25, 0.3) is 5.91 Å². The SMILES string of the molecule is O=C(NCCSc1ccc(Cl)cc1)c1ccccc1I. The summed E-state index contributed by atoms with van der Waals surface area (Å²) in [5.74, 6) is 0.809. The van der Waals surface area contributed by atoms with Gasteiger partial charge in [0.15, 0.2) is 0 Å². The van der Waals surface area contributed by atoms with E-state index >= 15 is 0 Å². The monoisotopic (exact) mass is 417 g/mol. The average Bonchev–Trinajstić information content (AvgIpc) is 2.46. The molecule has 2 aromatic carbocycles. The fourth-order valence-electron chi connectivity index (χ4n) is 1.60. The number of carbonyl (C=O) groups excluding carboxylic acids is 1. The topological polar surface area (TPSA) is 29.1 Å². The van der Waals surface area contributed by atoms with Crippen LogP contribution in [0.5, 0.6) is 0 Å². The molecule has 2 rings (SSSR count). The standard InChI is InChI=1S/C15H13ClINOS/c16-11-5-7-12(8-6-11)20-10-9-18-15(19)13-3-1-2-4-14(13)17/h1-8H,9-10H2,(H,18,19). The lowest BCUT2D eigenvalue weighted by molar-refractivity contribution is 0.0955. The van der Waals surface area contributed by atoms with E-state index in [1.807, 2.05) is 48.5 Å². The van der Waals surface area contributed by atoms with Crippen LogP contribution in [-0.4, -0.2) is 18.2 Å². The van der Waals surface area contributed by atoms with Crippen molar-refractivity contribution in [3.8, 4) is 0 Å². The van der Waals surface area contributed by atoms with E-state index in [2.05, 4.69) is 27.9 Å². The minimum atomic E-state index is -0.0216. The van der Waals surface area contributed by atoms with Gasteiger partial charge in [0, 0.05) is 25.8 Å². The molecule has 2 nitrogen and oxygen atoms in total. The molecule has 1 N–H and O–H groups in total. The number of rotatable bonds is 5. The van der Waals surface area contributed by atoms with E-state index in [1.54, 1.807) is 11.8 Å². The highest BCUT2D eigenvalue weighted by Crippen LogP contribution is 2.19. The van der Waals surface area contributed by atoms with Crippen molar-refractivity contribution in [2.45, 2.75) is 4.90 Å². The molecule has 5 heteroatoms. The fraction of sp³-hybridized carbons (Fsp3) is 0.133. The third kappa shape index (κ3) is 4.68. The van der Waals surface area contributed by atoms with Crippen LogP contribution < -0.4 is 5.32 Å². The van der Waals surface area contributed by atoms with Crippen LogP contribution in [-0.2, 0) is 0 Å². The summed E-state index contributed by atoms with van der Waals surface area (Å²) >= 11 is 9.70. The number of nitrogens with one attached hydrogen (secondary N) is 1. The minimum absolute atomic E-state index is 0.0216. The van der Waals surface area contributed by atoms with E-state index in [-0.39, 0.29) is 5.91 Å². The van der Waals surface area contributed by atoms with Crippen LogP contribution in [0.2, 0.25) is 5.02 Å². The predicted molar refractivity (Wildman–Crippen MR) is 93.7 cm³/mol. The highest BCUT2D eigenvalue weighted by Gasteiger charge is 2.07. The van der Waals surface area contributed by atoms with E-state index in [0.29, 0.717) is 6.54 Å². The van der Waals surface area contributed by atoms with Gasteiger partial charge >= 0.3 is 0 Å². The minimum Gasteiger partial charge on any atom is -0.351 e. The molecule has 0 saturated heterocycles. The first-order chi connectivity index (χ1) is 9.66. The molecule has 1 amide bonds. The van der Waals surface area contributed by atoms with Crippen molar-refractivity contribution in [3.63, 3.8) is 0 Å². The van der Waals surface area contributed by atoms with Crippen molar-refractivity contribution < 1.29 is 4.79 Å². The van der Waals surface area contributed by atoms with Gasteiger partial charge in [0.2, 0.25) is 0 Å². The van der Waals surface area contributed by atoms with Crippen LogP contribution in [0, 0.1) is 3.57 Å². The number of amides is 1. The van der Waals surface area contributed by atoms with Gasteiger partial charge in [-0.1, -0.05) is 23.7 Å². The maximum atomic E-state index is 12.0. The lowest BCUT2D eigenvalue weighted by atomic mass is 10.2. The Morgan fingerprint density at radius 2 is 1.85 bits per heavy atom. The second-order valence-corrected chi connectivity index (χ2v) is 6.81. The van der Waals surface area contributed by atoms with E-state index in [1.165, 1.54) is 0 Å². The summed E-state index contributed by atoms with van der Waals surface area (Å²) in [4.78, 5) is 13.1. The molecule has 0 aliphatic rings.